The minimum absolute atomic E-state index is 0.125. The normalized spacial score (nSPS) is 12.4. The Bertz CT molecular complexity index is 817. The molecule has 31 heavy (non-hydrogen) atoms. The predicted octanol–water partition coefficient (Wildman–Crippen LogP) is 0.273. The third kappa shape index (κ3) is 8.24. The molecular formula is C18H23FN4O8. The van der Waals surface area contributed by atoms with Gasteiger partial charge in [-0.05, 0) is 37.8 Å². The van der Waals surface area contributed by atoms with Gasteiger partial charge in [-0.1, -0.05) is 0 Å². The lowest BCUT2D eigenvalue weighted by Gasteiger charge is -2.32. The number of carbonyl (C=O) groups excluding carboxylic acids is 2. The van der Waals surface area contributed by atoms with Crippen LogP contribution in [0, 0.1) is 5.95 Å². The molecule has 0 saturated carbocycles. The van der Waals surface area contributed by atoms with Gasteiger partial charge in [-0.25, -0.2) is 19.4 Å². The summed E-state index contributed by atoms with van der Waals surface area (Å²) in [5.74, 6) is -5.64. The summed E-state index contributed by atoms with van der Waals surface area (Å²) >= 11 is 0. The molecule has 1 heterocycles. The number of pyridine rings is 1. The zero-order chi connectivity index (χ0) is 23.6. The van der Waals surface area contributed by atoms with Gasteiger partial charge < -0.3 is 26.4 Å². The summed E-state index contributed by atoms with van der Waals surface area (Å²) < 4.78 is 12.8. The van der Waals surface area contributed by atoms with Gasteiger partial charge in [-0.3, -0.25) is 14.5 Å². The van der Waals surface area contributed by atoms with Gasteiger partial charge in [0, 0.05) is 19.2 Å². The van der Waals surface area contributed by atoms with Gasteiger partial charge in [-0.2, -0.15) is 4.39 Å². The molecule has 1 aromatic heterocycles. The molecule has 170 valence electrons. The van der Waals surface area contributed by atoms with E-state index in [2.05, 4.69) is 10.3 Å². The van der Waals surface area contributed by atoms with Gasteiger partial charge in [-0.15, -0.1) is 0 Å². The van der Waals surface area contributed by atoms with Crippen LogP contribution in [0.15, 0.2) is 18.3 Å². The van der Waals surface area contributed by atoms with E-state index in [1.54, 1.807) is 0 Å². The number of aliphatic carboxylic acids is 3. The molecule has 0 aromatic carbocycles. The summed E-state index contributed by atoms with van der Waals surface area (Å²) in [6.07, 6.45) is 0.218. The van der Waals surface area contributed by atoms with Crippen molar-refractivity contribution in [2.24, 2.45) is 5.73 Å². The molecule has 0 aliphatic carbocycles. The fourth-order valence-corrected chi connectivity index (χ4v) is 2.82. The first kappa shape index (κ1) is 25.3. The number of nitrogens with zero attached hydrogens (tertiary/aromatic N) is 2. The minimum Gasteiger partial charge on any atom is -0.481 e. The first-order valence-corrected chi connectivity index (χ1v) is 9.19. The Morgan fingerprint density at radius 1 is 1.03 bits per heavy atom. The smallest absolute Gasteiger partial charge is 0.326 e. The fraction of sp³-hybridized carbons (Fsp3) is 0.444. The number of carboxylic acids is 3. The average Bonchev–Trinajstić information content (AvgIpc) is 2.68. The highest BCUT2D eigenvalue weighted by Gasteiger charge is 2.37. The van der Waals surface area contributed by atoms with Crippen molar-refractivity contribution in [2.75, 3.05) is 6.54 Å². The third-order valence-corrected chi connectivity index (χ3v) is 4.31. The number of carbonyl (C=O) groups is 5. The van der Waals surface area contributed by atoms with Gasteiger partial charge in [0.15, 0.2) is 0 Å². The Kier molecular flexibility index (Phi) is 9.82. The van der Waals surface area contributed by atoms with Crippen LogP contribution < -0.4 is 11.1 Å². The number of nitrogens with one attached hydrogen (secondary N) is 1. The topological polar surface area (TPSA) is 200 Å². The molecule has 1 rings (SSSR count). The Morgan fingerprint density at radius 3 is 2.13 bits per heavy atom. The van der Waals surface area contributed by atoms with E-state index >= 15 is 0 Å². The molecule has 0 radical (unpaired) electrons. The van der Waals surface area contributed by atoms with E-state index in [4.69, 9.17) is 10.8 Å². The number of unbranched alkanes of at least 4 members (excludes halogenated alkanes) is 1. The van der Waals surface area contributed by atoms with Crippen molar-refractivity contribution in [3.63, 3.8) is 0 Å². The van der Waals surface area contributed by atoms with Gasteiger partial charge in [0.25, 0.3) is 5.91 Å². The summed E-state index contributed by atoms with van der Waals surface area (Å²) in [5.41, 5.74) is 5.32. The summed E-state index contributed by atoms with van der Waals surface area (Å²) in [7, 11) is 0. The minimum atomic E-state index is -1.72. The van der Waals surface area contributed by atoms with E-state index in [0.717, 1.165) is 12.3 Å². The highest BCUT2D eigenvalue weighted by atomic mass is 19.1. The standard InChI is InChI=1S/C18H23FN4O8/c19-13-6-4-10(9-22-13)15(26)21-8-2-1-3-11(16(27)28)23(18(20)31)12(17(29)30)5-7-14(24)25/h4,6,9,11-12H,1-3,5,7-8H2,(H2,20,31)(H,21,26)(H,24,25)(H,27,28)(H,29,30)/t11-,12-/m0/s1. The highest BCUT2D eigenvalue weighted by molar-refractivity contribution is 5.93. The zero-order valence-corrected chi connectivity index (χ0v) is 16.4. The Morgan fingerprint density at radius 2 is 1.65 bits per heavy atom. The molecule has 12 nitrogen and oxygen atoms in total. The first-order valence-electron chi connectivity index (χ1n) is 9.19. The molecule has 0 bridgehead atoms. The molecule has 2 atom stereocenters. The lowest BCUT2D eigenvalue weighted by atomic mass is 10.0. The number of urea groups is 1. The van der Waals surface area contributed by atoms with Crippen molar-refractivity contribution < 1.29 is 43.7 Å². The van der Waals surface area contributed by atoms with Crippen LogP contribution in [0.5, 0.6) is 0 Å². The van der Waals surface area contributed by atoms with Crippen LogP contribution >= 0.6 is 0 Å². The molecule has 1 aromatic rings. The third-order valence-electron chi connectivity index (χ3n) is 4.31. The Hall–Kier alpha value is -3.77. The summed E-state index contributed by atoms with van der Waals surface area (Å²) in [5, 5.41) is 30.1. The zero-order valence-electron chi connectivity index (χ0n) is 16.4. The number of halogens is 1. The molecule has 0 saturated heterocycles. The van der Waals surface area contributed by atoms with Crippen molar-refractivity contribution in [1.29, 1.82) is 0 Å². The largest absolute Gasteiger partial charge is 0.481 e. The first-order chi connectivity index (χ1) is 14.5. The maximum atomic E-state index is 12.8. The summed E-state index contributed by atoms with van der Waals surface area (Å²) in [6, 6.07) is -2.35. The lowest BCUT2D eigenvalue weighted by Crippen LogP contribution is -2.55. The van der Waals surface area contributed by atoms with E-state index in [1.807, 2.05) is 0 Å². The van der Waals surface area contributed by atoms with E-state index in [-0.39, 0.29) is 31.4 Å². The molecule has 0 fully saturated rings. The van der Waals surface area contributed by atoms with Crippen LogP contribution in [0.1, 0.15) is 42.5 Å². The second-order valence-electron chi connectivity index (χ2n) is 6.51. The van der Waals surface area contributed by atoms with Crippen molar-refractivity contribution in [2.45, 2.75) is 44.2 Å². The number of hydrogen-bond donors (Lipinski definition) is 5. The molecule has 0 aliphatic heterocycles. The number of carboxylic acid groups (broad SMARTS) is 3. The second kappa shape index (κ2) is 12.0. The predicted molar refractivity (Wildman–Crippen MR) is 102 cm³/mol. The highest BCUT2D eigenvalue weighted by Crippen LogP contribution is 2.17. The second-order valence-corrected chi connectivity index (χ2v) is 6.51. The molecule has 0 unspecified atom stereocenters. The number of nitrogens with two attached hydrogens (primary N) is 1. The van der Waals surface area contributed by atoms with Gasteiger partial charge in [0.1, 0.15) is 12.1 Å². The fourth-order valence-electron chi connectivity index (χ4n) is 2.82. The van der Waals surface area contributed by atoms with E-state index < -0.39 is 60.7 Å². The summed E-state index contributed by atoms with van der Waals surface area (Å²) in [4.78, 5) is 61.3. The number of hydrogen-bond acceptors (Lipinski definition) is 6. The number of primary amides is 1. The Labute approximate surface area is 175 Å². The van der Waals surface area contributed by atoms with Crippen molar-refractivity contribution in [1.82, 2.24) is 15.2 Å². The SMILES string of the molecule is NC(=O)N([C@@H](CCCCNC(=O)c1ccc(F)nc1)C(=O)O)[C@@H](CCC(=O)O)C(=O)O. The number of amides is 3. The Balaban J connectivity index is 2.69. The van der Waals surface area contributed by atoms with Gasteiger partial charge in [0.2, 0.25) is 5.95 Å². The molecule has 3 amide bonds. The van der Waals surface area contributed by atoms with Crippen LogP contribution in [0.2, 0.25) is 0 Å². The van der Waals surface area contributed by atoms with E-state index in [0.29, 0.717) is 4.90 Å². The maximum absolute atomic E-state index is 12.8. The summed E-state index contributed by atoms with van der Waals surface area (Å²) in [6.45, 7) is 0.125. The molecule has 0 spiro atoms. The molecular weight excluding hydrogens is 419 g/mol. The monoisotopic (exact) mass is 442 g/mol. The van der Waals surface area contributed by atoms with E-state index in [9.17, 15) is 38.6 Å². The van der Waals surface area contributed by atoms with Crippen LogP contribution in [-0.2, 0) is 14.4 Å². The lowest BCUT2D eigenvalue weighted by molar-refractivity contribution is -0.149. The number of aromatic nitrogens is 1. The molecule has 0 aliphatic rings. The van der Waals surface area contributed by atoms with E-state index in [1.165, 1.54) is 6.07 Å². The van der Waals surface area contributed by atoms with Crippen molar-refractivity contribution in [3.05, 3.63) is 29.8 Å². The quantitative estimate of drug-likeness (QED) is 0.210. The maximum Gasteiger partial charge on any atom is 0.326 e. The van der Waals surface area contributed by atoms with Gasteiger partial charge >= 0.3 is 23.9 Å². The average molecular weight is 442 g/mol. The van der Waals surface area contributed by atoms with Crippen LogP contribution in [0.4, 0.5) is 9.18 Å². The molecule has 6 N–H and O–H groups in total. The van der Waals surface area contributed by atoms with Crippen molar-refractivity contribution in [3.8, 4) is 0 Å². The van der Waals surface area contributed by atoms with Crippen LogP contribution in [0.3, 0.4) is 0 Å². The molecule has 13 heteroatoms. The van der Waals surface area contributed by atoms with Crippen LogP contribution in [-0.4, -0.2) is 73.7 Å². The van der Waals surface area contributed by atoms with Crippen molar-refractivity contribution >= 4 is 29.8 Å². The van der Waals surface area contributed by atoms with Crippen LogP contribution in [0.25, 0.3) is 0 Å². The van der Waals surface area contributed by atoms with Gasteiger partial charge in [0.05, 0.1) is 5.56 Å². The number of rotatable bonds is 13.